The first-order valence-electron chi connectivity index (χ1n) is 7.15. The molecule has 0 saturated carbocycles. The van der Waals surface area contributed by atoms with Gasteiger partial charge in [-0.2, -0.15) is 0 Å². The maximum Gasteiger partial charge on any atom is 0.321 e. The summed E-state index contributed by atoms with van der Waals surface area (Å²) in [5.41, 5.74) is 1.31. The summed E-state index contributed by atoms with van der Waals surface area (Å²) in [5.74, 6) is -4.22. The highest BCUT2D eigenvalue weighted by Crippen LogP contribution is 2.42. The minimum atomic E-state index is -1.35. The number of benzene rings is 1. The monoisotopic (exact) mass is 306 g/mol. The van der Waals surface area contributed by atoms with Gasteiger partial charge in [-0.1, -0.05) is 12.1 Å². The van der Waals surface area contributed by atoms with Gasteiger partial charge in [0.25, 0.3) is 0 Å². The smallest absolute Gasteiger partial charge is 0.321 e. The zero-order chi connectivity index (χ0) is 16.3. The van der Waals surface area contributed by atoms with Crippen molar-refractivity contribution >= 4 is 17.9 Å². The number of ether oxygens (including phenoxy) is 3. The van der Waals surface area contributed by atoms with E-state index in [2.05, 4.69) is 0 Å². The highest BCUT2D eigenvalue weighted by atomic mass is 16.6. The molecule has 1 aliphatic heterocycles. The number of fused-ring (bicyclic) bond motifs is 1. The number of carbonyl (C=O) groups is 3. The van der Waals surface area contributed by atoms with Crippen LogP contribution in [0.4, 0.5) is 0 Å². The van der Waals surface area contributed by atoms with Crippen LogP contribution in [-0.2, 0) is 23.9 Å². The van der Waals surface area contributed by atoms with Crippen molar-refractivity contribution in [1.29, 1.82) is 0 Å². The highest BCUT2D eigenvalue weighted by molar-refractivity contribution is 6.03. The molecule has 0 spiro atoms. The lowest BCUT2D eigenvalue weighted by Crippen LogP contribution is -2.36. The minimum Gasteiger partial charge on any atom is -0.465 e. The van der Waals surface area contributed by atoms with Crippen molar-refractivity contribution in [1.82, 2.24) is 0 Å². The van der Waals surface area contributed by atoms with Gasteiger partial charge in [-0.05, 0) is 32.4 Å². The Hall–Kier alpha value is -2.37. The zero-order valence-corrected chi connectivity index (χ0v) is 12.8. The maximum absolute atomic E-state index is 12.2. The molecule has 1 aliphatic rings. The van der Waals surface area contributed by atoms with Gasteiger partial charge in [0.1, 0.15) is 11.7 Å². The van der Waals surface area contributed by atoms with Gasteiger partial charge in [-0.25, -0.2) is 0 Å². The van der Waals surface area contributed by atoms with E-state index in [0.29, 0.717) is 11.3 Å². The van der Waals surface area contributed by atoms with E-state index >= 15 is 0 Å². The second-order valence-electron chi connectivity index (χ2n) is 4.87. The van der Waals surface area contributed by atoms with E-state index < -0.39 is 29.7 Å². The Morgan fingerprint density at radius 3 is 2.32 bits per heavy atom. The fourth-order valence-corrected chi connectivity index (χ4v) is 2.57. The first-order chi connectivity index (χ1) is 10.5. The van der Waals surface area contributed by atoms with Gasteiger partial charge in [0.15, 0.2) is 5.92 Å². The molecule has 6 heteroatoms. The molecular formula is C16H18O6. The summed E-state index contributed by atoms with van der Waals surface area (Å²) in [5, 5.41) is 0. The molecule has 118 valence electrons. The van der Waals surface area contributed by atoms with Gasteiger partial charge in [0.2, 0.25) is 0 Å². The van der Waals surface area contributed by atoms with E-state index in [1.165, 1.54) is 0 Å². The lowest BCUT2D eigenvalue weighted by atomic mass is 9.84. The summed E-state index contributed by atoms with van der Waals surface area (Å²) in [6, 6.07) is 5.17. The Morgan fingerprint density at radius 2 is 1.77 bits per heavy atom. The number of carbonyl (C=O) groups excluding carboxylic acids is 3. The molecule has 1 aromatic rings. The van der Waals surface area contributed by atoms with Gasteiger partial charge in [-0.3, -0.25) is 14.4 Å². The summed E-state index contributed by atoms with van der Waals surface area (Å²) in [6.45, 7) is 5.27. The molecule has 0 bridgehead atoms. The predicted octanol–water partition coefficient (Wildman–Crippen LogP) is 1.74. The van der Waals surface area contributed by atoms with Crippen molar-refractivity contribution in [2.24, 2.45) is 5.92 Å². The molecule has 1 heterocycles. The second-order valence-corrected chi connectivity index (χ2v) is 4.87. The molecule has 0 aliphatic carbocycles. The third-order valence-corrected chi connectivity index (χ3v) is 3.47. The van der Waals surface area contributed by atoms with Crippen LogP contribution in [-0.4, -0.2) is 31.1 Å². The molecule has 0 amide bonds. The number of aryl methyl sites for hydroxylation is 1. The molecular weight excluding hydrogens is 288 g/mol. The van der Waals surface area contributed by atoms with E-state index in [0.717, 1.165) is 5.56 Å². The first-order valence-corrected chi connectivity index (χ1v) is 7.15. The Kier molecular flexibility index (Phi) is 4.80. The van der Waals surface area contributed by atoms with E-state index in [1.807, 2.05) is 0 Å². The van der Waals surface area contributed by atoms with Crippen molar-refractivity contribution in [3.05, 3.63) is 29.3 Å². The summed E-state index contributed by atoms with van der Waals surface area (Å²) in [4.78, 5) is 36.6. The standard InChI is InChI=1S/C16H18O6/c1-4-20-14(17)13(15(18)21-5-2)12-11-9(3)7-6-8-10(11)22-16(12)19/h6-8,12-13H,4-5H2,1-3H3. The topological polar surface area (TPSA) is 78.9 Å². The summed E-state index contributed by atoms with van der Waals surface area (Å²) in [6.07, 6.45) is 0. The number of rotatable bonds is 5. The number of hydrogen-bond acceptors (Lipinski definition) is 6. The second kappa shape index (κ2) is 6.60. The molecule has 1 aromatic carbocycles. The van der Waals surface area contributed by atoms with E-state index in [4.69, 9.17) is 14.2 Å². The summed E-state index contributed by atoms with van der Waals surface area (Å²) >= 11 is 0. The van der Waals surface area contributed by atoms with Crippen LogP contribution >= 0.6 is 0 Å². The molecule has 1 atom stereocenters. The van der Waals surface area contributed by atoms with Crippen molar-refractivity contribution in [2.75, 3.05) is 13.2 Å². The normalized spacial score (nSPS) is 16.2. The number of esters is 3. The largest absolute Gasteiger partial charge is 0.465 e. The Bertz CT molecular complexity index is 589. The van der Waals surface area contributed by atoms with E-state index in [-0.39, 0.29) is 13.2 Å². The molecule has 22 heavy (non-hydrogen) atoms. The van der Waals surface area contributed by atoms with Crippen LogP contribution in [0.1, 0.15) is 30.9 Å². The van der Waals surface area contributed by atoms with Crippen molar-refractivity contribution in [2.45, 2.75) is 26.7 Å². The number of hydrogen-bond donors (Lipinski definition) is 0. The van der Waals surface area contributed by atoms with Gasteiger partial charge in [0.05, 0.1) is 13.2 Å². The third-order valence-electron chi connectivity index (χ3n) is 3.47. The predicted molar refractivity (Wildman–Crippen MR) is 76.3 cm³/mol. The lowest BCUT2D eigenvalue weighted by molar-refractivity contribution is -0.165. The molecule has 0 saturated heterocycles. The van der Waals surface area contributed by atoms with E-state index in [9.17, 15) is 14.4 Å². The molecule has 0 N–H and O–H groups in total. The first kappa shape index (κ1) is 16.0. The SMILES string of the molecule is CCOC(=O)C(C(=O)OCC)C1C(=O)Oc2cccc(C)c21. The van der Waals surface area contributed by atoms with Gasteiger partial charge in [-0.15, -0.1) is 0 Å². The third kappa shape index (κ3) is 2.81. The van der Waals surface area contributed by atoms with Crippen molar-refractivity contribution in [3.8, 4) is 5.75 Å². The van der Waals surface area contributed by atoms with Gasteiger partial charge in [0, 0.05) is 5.56 Å². The van der Waals surface area contributed by atoms with Crippen LogP contribution in [0.15, 0.2) is 18.2 Å². The fourth-order valence-electron chi connectivity index (χ4n) is 2.57. The summed E-state index contributed by atoms with van der Waals surface area (Å²) < 4.78 is 15.1. The lowest BCUT2D eigenvalue weighted by Gasteiger charge is -2.19. The van der Waals surface area contributed by atoms with Crippen LogP contribution in [0.2, 0.25) is 0 Å². The zero-order valence-electron chi connectivity index (χ0n) is 12.8. The van der Waals surface area contributed by atoms with Crippen LogP contribution in [0.25, 0.3) is 0 Å². The average molecular weight is 306 g/mol. The van der Waals surface area contributed by atoms with Crippen LogP contribution in [0.3, 0.4) is 0 Å². The quantitative estimate of drug-likeness (QED) is 0.468. The Labute approximate surface area is 128 Å². The van der Waals surface area contributed by atoms with Crippen LogP contribution in [0, 0.1) is 12.8 Å². The molecule has 0 radical (unpaired) electrons. The van der Waals surface area contributed by atoms with Crippen LogP contribution < -0.4 is 4.74 Å². The minimum absolute atomic E-state index is 0.108. The van der Waals surface area contributed by atoms with Gasteiger partial charge < -0.3 is 14.2 Å². The average Bonchev–Trinajstić information content (AvgIpc) is 2.78. The Morgan fingerprint density at radius 1 is 1.18 bits per heavy atom. The Balaban J connectivity index is 2.46. The highest BCUT2D eigenvalue weighted by Gasteiger charge is 2.48. The van der Waals surface area contributed by atoms with Crippen molar-refractivity contribution < 1.29 is 28.6 Å². The summed E-state index contributed by atoms with van der Waals surface area (Å²) in [7, 11) is 0. The molecule has 6 nitrogen and oxygen atoms in total. The van der Waals surface area contributed by atoms with Gasteiger partial charge >= 0.3 is 17.9 Å². The van der Waals surface area contributed by atoms with Crippen molar-refractivity contribution in [3.63, 3.8) is 0 Å². The molecule has 2 rings (SSSR count). The van der Waals surface area contributed by atoms with Crippen LogP contribution in [0.5, 0.6) is 5.75 Å². The maximum atomic E-state index is 12.2. The van der Waals surface area contributed by atoms with E-state index in [1.54, 1.807) is 39.0 Å². The molecule has 0 fully saturated rings. The molecule has 1 unspecified atom stereocenters. The fraction of sp³-hybridized carbons (Fsp3) is 0.438. The molecule has 0 aromatic heterocycles.